The second-order valence-corrected chi connectivity index (χ2v) is 18.6. The number of rotatable bonds is 7. The van der Waals surface area contributed by atoms with Crippen LogP contribution >= 0.6 is 0 Å². The third-order valence-corrected chi connectivity index (χ3v) is 14.6. The van der Waals surface area contributed by atoms with Gasteiger partial charge in [0, 0.05) is 60.5 Å². The van der Waals surface area contributed by atoms with Crippen molar-refractivity contribution >= 4 is 77.0 Å². The highest BCUT2D eigenvalue weighted by Crippen LogP contribution is 2.41. The van der Waals surface area contributed by atoms with Gasteiger partial charge in [0.2, 0.25) is 0 Å². The number of hydrogen-bond acceptors (Lipinski definition) is 4. The maximum absolute atomic E-state index is 11.0. The molecular weight excluding hydrogens is 891 g/mol. The van der Waals surface area contributed by atoms with Crippen molar-refractivity contribution < 1.29 is 0 Å². The van der Waals surface area contributed by atoms with Gasteiger partial charge in [0.05, 0.1) is 68.1 Å². The van der Waals surface area contributed by atoms with Crippen molar-refractivity contribution in [2.24, 2.45) is 4.99 Å². The van der Waals surface area contributed by atoms with Crippen LogP contribution in [-0.2, 0) is 0 Å². The lowest BCUT2D eigenvalue weighted by Crippen LogP contribution is -2.31. The number of aliphatic imine (C=N–C) groups is 1. The fourth-order valence-electron chi connectivity index (χ4n) is 11.3. The zero-order chi connectivity index (χ0) is 48.6. The van der Waals surface area contributed by atoms with Gasteiger partial charge < -0.3 is 19.0 Å². The molecule has 1 N–H and O–H groups in total. The van der Waals surface area contributed by atoms with Crippen LogP contribution < -0.4 is 5.32 Å². The second kappa shape index (κ2) is 16.7. The van der Waals surface area contributed by atoms with Crippen molar-refractivity contribution in [1.29, 1.82) is 10.5 Å². The lowest BCUT2D eigenvalue weighted by atomic mass is 9.93. The molecule has 14 rings (SSSR count). The van der Waals surface area contributed by atoms with Crippen LogP contribution in [0.4, 0.5) is 0 Å². The average molecular weight is 932 g/mol. The molecule has 0 saturated carbocycles. The van der Waals surface area contributed by atoms with Crippen LogP contribution in [0.5, 0.6) is 0 Å². The summed E-state index contributed by atoms with van der Waals surface area (Å²) in [5, 5.41) is 32.5. The maximum Gasteiger partial charge on any atom is 0.134 e. The number of hydrogen-bond donors (Lipinski definition) is 1. The zero-order valence-corrected chi connectivity index (χ0v) is 39.3. The van der Waals surface area contributed by atoms with Gasteiger partial charge in [-0.25, -0.2) is 4.99 Å². The SMILES string of the molecule is N#Cc1cc(-n2c3ccc(-n4c5ccccc5c5ccccc54)cc3c3cc(-n4c5ccccc5c5ccccc54)ccc32)cc(C#N)c1-c1ccc(C2=CC(c3ccccc3)NC(c3ccccc3)=N2)cc1. The highest BCUT2D eigenvalue weighted by Gasteiger charge is 2.23. The van der Waals surface area contributed by atoms with Crippen molar-refractivity contribution in [2.75, 3.05) is 0 Å². The summed E-state index contributed by atoms with van der Waals surface area (Å²) in [5.41, 5.74) is 15.4. The number of para-hydroxylation sites is 4. The number of nitrogens with zero attached hydrogens (tertiary/aromatic N) is 6. The summed E-state index contributed by atoms with van der Waals surface area (Å²) in [6.07, 6.45) is 2.15. The lowest BCUT2D eigenvalue weighted by molar-refractivity contribution is 0.781. The molecule has 0 bridgehead atoms. The Bertz CT molecular complexity index is 4220. The topological polar surface area (TPSA) is 86.8 Å². The van der Waals surface area contributed by atoms with Crippen molar-refractivity contribution in [1.82, 2.24) is 19.0 Å². The van der Waals surface area contributed by atoms with Crippen LogP contribution in [0.25, 0.3) is 99.3 Å². The molecule has 4 heterocycles. The van der Waals surface area contributed by atoms with Crippen molar-refractivity contribution in [3.05, 3.63) is 264 Å². The molecule has 0 radical (unpaired) electrons. The summed E-state index contributed by atoms with van der Waals surface area (Å²) in [6, 6.07) is 85.0. The fraction of sp³-hybridized carbons (Fsp3) is 0.0152. The molecular formula is C66H41N7. The zero-order valence-electron chi connectivity index (χ0n) is 39.3. The van der Waals surface area contributed by atoms with Crippen molar-refractivity contribution in [3.8, 4) is 40.3 Å². The second-order valence-electron chi connectivity index (χ2n) is 18.6. The Morgan fingerprint density at radius 3 is 1.26 bits per heavy atom. The average Bonchev–Trinajstić information content (AvgIpc) is 4.10. The quantitative estimate of drug-likeness (QED) is 0.173. The van der Waals surface area contributed by atoms with Gasteiger partial charge in [-0.15, -0.1) is 0 Å². The number of fused-ring (bicyclic) bond motifs is 9. The van der Waals surface area contributed by atoms with Gasteiger partial charge in [0.1, 0.15) is 5.84 Å². The summed E-state index contributed by atoms with van der Waals surface area (Å²) >= 11 is 0. The molecule has 0 amide bonds. The first-order valence-corrected chi connectivity index (χ1v) is 24.4. The van der Waals surface area contributed by atoms with E-state index in [0.29, 0.717) is 16.7 Å². The van der Waals surface area contributed by atoms with Crippen molar-refractivity contribution in [2.45, 2.75) is 6.04 Å². The highest BCUT2D eigenvalue weighted by molar-refractivity contribution is 6.14. The van der Waals surface area contributed by atoms with E-state index in [1.54, 1.807) is 0 Å². The molecule has 73 heavy (non-hydrogen) atoms. The number of nitrogens with one attached hydrogen (secondary N) is 1. The molecule has 7 nitrogen and oxygen atoms in total. The number of aromatic nitrogens is 3. The predicted molar refractivity (Wildman–Crippen MR) is 298 cm³/mol. The van der Waals surface area contributed by atoms with Crippen LogP contribution in [0.15, 0.2) is 242 Å². The van der Waals surface area contributed by atoms with E-state index in [0.717, 1.165) is 94.7 Å². The van der Waals surface area contributed by atoms with Gasteiger partial charge in [0.15, 0.2) is 0 Å². The van der Waals surface area contributed by atoms with Gasteiger partial charge in [-0.05, 0) is 95.6 Å². The third-order valence-electron chi connectivity index (χ3n) is 14.6. The fourth-order valence-corrected chi connectivity index (χ4v) is 11.3. The monoisotopic (exact) mass is 931 g/mol. The molecule has 1 aliphatic heterocycles. The first-order valence-electron chi connectivity index (χ1n) is 24.4. The molecule has 3 aromatic heterocycles. The van der Waals surface area contributed by atoms with E-state index in [2.05, 4.69) is 195 Å². The summed E-state index contributed by atoms with van der Waals surface area (Å²) in [7, 11) is 0. The summed E-state index contributed by atoms with van der Waals surface area (Å²) in [5.74, 6) is 0.793. The Labute approximate surface area is 420 Å². The van der Waals surface area contributed by atoms with Gasteiger partial charge in [0.25, 0.3) is 0 Å². The standard InChI is InChI=1S/C66H41N7/c67-40-46-35-50(36-47(41-68)65(46)44-29-27-43(28-30-44)58-39-57(42-15-3-1-4-16-42)69-66(70-58)45-17-5-2-6-18-45)73-63-33-31-48(71-59-23-11-7-19-51(59)52-20-8-12-24-60(52)71)37-55(63)56-38-49(32-34-64(56)73)72-61-25-13-9-21-53(61)54-22-10-14-26-62(54)72/h1-39,57H,(H,69,70). The number of amidine groups is 1. The first kappa shape index (κ1) is 41.7. The van der Waals surface area contributed by atoms with Crippen LogP contribution in [-0.4, -0.2) is 19.5 Å². The Morgan fingerprint density at radius 2 is 0.781 bits per heavy atom. The molecule has 10 aromatic carbocycles. The Morgan fingerprint density at radius 1 is 0.370 bits per heavy atom. The highest BCUT2D eigenvalue weighted by atomic mass is 15.1. The lowest BCUT2D eigenvalue weighted by Gasteiger charge is -2.24. The van der Waals surface area contributed by atoms with E-state index in [4.69, 9.17) is 4.99 Å². The number of benzene rings is 10. The summed E-state index contributed by atoms with van der Waals surface area (Å²) in [6.45, 7) is 0. The smallest absolute Gasteiger partial charge is 0.134 e. The van der Waals surface area contributed by atoms with Crippen LogP contribution in [0.1, 0.15) is 33.9 Å². The van der Waals surface area contributed by atoms with Crippen LogP contribution in [0.3, 0.4) is 0 Å². The first-order chi connectivity index (χ1) is 36.1. The van der Waals surface area contributed by atoms with Crippen LogP contribution in [0, 0.1) is 22.7 Å². The van der Waals surface area contributed by atoms with E-state index in [1.165, 1.54) is 21.5 Å². The third kappa shape index (κ3) is 6.68. The normalized spacial score (nSPS) is 13.6. The molecule has 1 atom stereocenters. The Hall–Kier alpha value is -10.2. The largest absolute Gasteiger partial charge is 0.359 e. The number of nitriles is 2. The predicted octanol–water partition coefficient (Wildman–Crippen LogP) is 15.5. The summed E-state index contributed by atoms with van der Waals surface area (Å²) < 4.78 is 6.91. The van der Waals surface area contributed by atoms with Gasteiger partial charge >= 0.3 is 0 Å². The van der Waals surface area contributed by atoms with Gasteiger partial charge in [-0.2, -0.15) is 10.5 Å². The minimum atomic E-state index is -0.0900. The van der Waals surface area contributed by atoms with Crippen molar-refractivity contribution in [3.63, 3.8) is 0 Å². The molecule has 13 aromatic rings. The molecule has 7 heteroatoms. The molecule has 1 aliphatic rings. The molecule has 0 saturated heterocycles. The molecule has 1 unspecified atom stereocenters. The molecule has 0 fully saturated rings. The van der Waals surface area contributed by atoms with Gasteiger partial charge in [-0.3, -0.25) is 0 Å². The molecule has 340 valence electrons. The van der Waals surface area contributed by atoms with E-state index in [9.17, 15) is 10.5 Å². The maximum atomic E-state index is 11.0. The van der Waals surface area contributed by atoms with Gasteiger partial charge in [-0.1, -0.05) is 158 Å². The molecule has 0 aliphatic carbocycles. The Balaban J connectivity index is 0.932. The minimum absolute atomic E-state index is 0.0900. The van der Waals surface area contributed by atoms with E-state index in [1.807, 2.05) is 72.8 Å². The van der Waals surface area contributed by atoms with E-state index >= 15 is 0 Å². The van der Waals surface area contributed by atoms with Crippen LogP contribution in [0.2, 0.25) is 0 Å². The Kier molecular flexibility index (Phi) is 9.57. The summed E-state index contributed by atoms with van der Waals surface area (Å²) in [4.78, 5) is 5.11. The minimum Gasteiger partial charge on any atom is -0.359 e. The molecule has 0 spiro atoms. The van der Waals surface area contributed by atoms with E-state index in [-0.39, 0.29) is 6.04 Å². The van der Waals surface area contributed by atoms with E-state index < -0.39 is 0 Å².